The van der Waals surface area contributed by atoms with Gasteiger partial charge in [0.25, 0.3) is 5.88 Å². The van der Waals surface area contributed by atoms with Gasteiger partial charge in [-0.25, -0.2) is 92.8 Å². The van der Waals surface area contributed by atoms with E-state index in [2.05, 4.69) is 17.1 Å². The van der Waals surface area contributed by atoms with Crippen LogP contribution < -0.4 is 31.2 Å². The first kappa shape index (κ1) is 46.0. The van der Waals surface area contributed by atoms with Gasteiger partial charge in [0.15, 0.2) is 88.6 Å². The topological polar surface area (TPSA) is 26.0 Å². The quantitative estimate of drug-likeness (QED) is 0.0389. The average molecular weight is 915 g/mol. The van der Waals surface area contributed by atoms with Crippen LogP contribution in [0.4, 0.5) is 87.8 Å². The minimum atomic E-state index is -7.22. The van der Waals surface area contributed by atoms with Crippen LogP contribution in [0.2, 0.25) is 0 Å². The van der Waals surface area contributed by atoms with Gasteiger partial charge in [0, 0.05) is 5.56 Å². The minimum absolute atomic E-state index is 0.113. The van der Waals surface area contributed by atoms with Crippen molar-refractivity contribution in [3.63, 3.8) is 0 Å². The second-order valence-electron chi connectivity index (χ2n) is 12.1. The van der Waals surface area contributed by atoms with Crippen LogP contribution in [0.25, 0.3) is 0 Å². The normalized spacial score (nSPS) is 11.5. The van der Waals surface area contributed by atoms with E-state index in [0.717, 1.165) is 6.54 Å². The fourth-order valence-corrected chi connectivity index (χ4v) is 6.42. The molecular formula is C36H12BClF20N2O. The van der Waals surface area contributed by atoms with Crippen molar-refractivity contribution in [2.45, 2.75) is 6.54 Å². The smallest absolute Gasteiger partial charge is 0.281 e. The van der Waals surface area contributed by atoms with Crippen LogP contribution in [0, 0.1) is 116 Å². The van der Waals surface area contributed by atoms with Crippen LogP contribution in [0.3, 0.4) is 0 Å². The van der Waals surface area contributed by atoms with Crippen molar-refractivity contribution < 1.29 is 97.1 Å². The van der Waals surface area contributed by atoms with Crippen molar-refractivity contribution in [2.75, 3.05) is 6.07 Å². The lowest BCUT2D eigenvalue weighted by Crippen LogP contribution is -2.81. The number of benzene rings is 5. The van der Waals surface area contributed by atoms with Gasteiger partial charge >= 0.3 is 0 Å². The number of nitrogens with zero attached hydrogens (tertiary/aromatic N) is 2. The van der Waals surface area contributed by atoms with Gasteiger partial charge in [-0.1, -0.05) is 41.9 Å². The molecule has 1 aromatic heterocycles. The van der Waals surface area contributed by atoms with E-state index in [1.54, 1.807) is 6.20 Å². The van der Waals surface area contributed by atoms with Gasteiger partial charge in [0.2, 0.25) is 6.20 Å². The highest BCUT2D eigenvalue weighted by atomic mass is 35.5. The second kappa shape index (κ2) is 17.5. The van der Waals surface area contributed by atoms with Crippen molar-refractivity contribution in [1.82, 2.24) is 4.98 Å². The monoisotopic (exact) mass is 914 g/mol. The third-order valence-electron chi connectivity index (χ3n) is 8.85. The summed E-state index contributed by atoms with van der Waals surface area (Å²) in [5.41, 5.74) is -13.1. The van der Waals surface area contributed by atoms with Crippen molar-refractivity contribution in [3.8, 4) is 5.88 Å². The number of rotatable bonds is 8. The summed E-state index contributed by atoms with van der Waals surface area (Å²) in [6.07, 6.45) is -1.79. The van der Waals surface area contributed by atoms with Crippen molar-refractivity contribution in [2.24, 2.45) is 0 Å². The predicted molar refractivity (Wildman–Crippen MR) is 171 cm³/mol. The number of alkyl halides is 1. The van der Waals surface area contributed by atoms with E-state index in [9.17, 15) is 52.7 Å². The Morgan fingerprint density at radius 1 is 0.426 bits per heavy atom. The molecule has 0 aliphatic heterocycles. The first-order valence-corrected chi connectivity index (χ1v) is 16.4. The molecule has 0 bridgehead atoms. The molecule has 61 heavy (non-hydrogen) atoms. The Bertz CT molecular complexity index is 2330. The Balaban J connectivity index is 0.000000366. The van der Waals surface area contributed by atoms with E-state index in [1.807, 2.05) is 35.2 Å². The highest BCUT2D eigenvalue weighted by Crippen LogP contribution is 2.30. The van der Waals surface area contributed by atoms with Crippen molar-refractivity contribution >= 4 is 39.6 Å². The van der Waals surface area contributed by atoms with Gasteiger partial charge in [0.1, 0.15) is 52.7 Å². The molecule has 6 aromatic rings. The molecule has 0 aliphatic carbocycles. The fraction of sp³-hybridized carbons (Fsp3) is 0.0556. The first-order valence-electron chi connectivity index (χ1n) is 15.9. The molecule has 3 nitrogen and oxygen atoms in total. The molecule has 0 unspecified atom stereocenters. The lowest BCUT2D eigenvalue weighted by atomic mass is 9.12. The van der Waals surface area contributed by atoms with Gasteiger partial charge in [-0.3, -0.25) is 0 Å². The van der Waals surface area contributed by atoms with Crippen LogP contribution in [-0.4, -0.2) is 17.2 Å². The van der Waals surface area contributed by atoms with Gasteiger partial charge in [-0.15, -0.1) is 21.9 Å². The molecule has 0 radical (unpaired) electrons. The highest BCUT2D eigenvalue weighted by Gasteiger charge is 2.52. The first-order chi connectivity index (χ1) is 28.6. The molecule has 0 N–H and O–H groups in total. The van der Waals surface area contributed by atoms with Crippen LogP contribution in [0.5, 0.6) is 5.88 Å². The average Bonchev–Trinajstić information content (AvgIpc) is 3.24. The number of hydrogen-bond acceptors (Lipinski definition) is 2. The molecule has 0 fully saturated rings. The Hall–Kier alpha value is -6.07. The van der Waals surface area contributed by atoms with Gasteiger partial charge < -0.3 is 4.74 Å². The molecule has 0 saturated carbocycles. The molecule has 322 valence electrons. The Morgan fingerprint density at radius 3 is 0.984 bits per heavy atom. The van der Waals surface area contributed by atoms with E-state index in [-0.39, 0.29) is 6.07 Å². The summed E-state index contributed by atoms with van der Waals surface area (Å²) < 4.78 is 301. The summed E-state index contributed by atoms with van der Waals surface area (Å²) >= 11 is 5.48. The molecule has 1 heterocycles. The van der Waals surface area contributed by atoms with Crippen LogP contribution in [0.1, 0.15) is 5.56 Å². The maximum atomic E-state index is 15.4. The largest absolute Gasteiger partial charge is 0.457 e. The zero-order valence-electron chi connectivity index (χ0n) is 28.9. The van der Waals surface area contributed by atoms with E-state index in [1.165, 1.54) is 5.56 Å². The fourth-order valence-electron chi connectivity index (χ4n) is 6.31. The van der Waals surface area contributed by atoms with E-state index in [4.69, 9.17) is 16.3 Å². The summed E-state index contributed by atoms with van der Waals surface area (Å²) in [6.45, 7) is 0.794. The predicted octanol–water partition coefficient (Wildman–Crippen LogP) is 7.84. The molecule has 0 atom stereocenters. The molecule has 0 spiro atoms. The lowest BCUT2D eigenvalue weighted by Gasteiger charge is -2.44. The number of ether oxygens (including phenoxy) is 1. The third kappa shape index (κ3) is 7.54. The number of halogens is 21. The Morgan fingerprint density at radius 2 is 0.705 bits per heavy atom. The zero-order chi connectivity index (χ0) is 45.6. The standard InChI is InChI=1S/C24BF20.C12H12ClN2O/c26-5-1(6(27)14(35)21(42)13(5)34)25(2-7(28)15(36)22(43)16(37)8(2)29,3-9(30)17(38)23(44)18(39)10(3)31)4-11(32)19(40)24(45)20(41)12(4)33;13-10-16-12-9-15(7-6-14-12)8-11-4-2-1-3-5-11/h;1-7,9H,8,10H2/q-1;+1. The molecule has 0 saturated heterocycles. The molecule has 0 amide bonds. The molecular weight excluding hydrogens is 903 g/mol. The van der Waals surface area contributed by atoms with Crippen LogP contribution >= 0.6 is 11.6 Å². The Labute approximate surface area is 330 Å². The molecule has 5 aromatic carbocycles. The summed E-state index contributed by atoms with van der Waals surface area (Å²) in [6, 6.07) is 10.3. The summed E-state index contributed by atoms with van der Waals surface area (Å²) in [4.78, 5) is 4.04. The zero-order valence-corrected chi connectivity index (χ0v) is 29.6. The van der Waals surface area contributed by atoms with Crippen LogP contribution in [0.15, 0.2) is 48.9 Å². The van der Waals surface area contributed by atoms with Gasteiger partial charge in [0.05, 0.1) is 6.20 Å². The summed E-state index contributed by atoms with van der Waals surface area (Å²) in [7, 11) is 0. The van der Waals surface area contributed by atoms with E-state index < -0.39 is 144 Å². The third-order valence-corrected chi connectivity index (χ3v) is 8.96. The molecule has 0 aliphatic rings. The summed E-state index contributed by atoms with van der Waals surface area (Å²) in [5, 5.41) is 0. The van der Waals surface area contributed by atoms with E-state index in [0.29, 0.717) is 5.88 Å². The lowest BCUT2D eigenvalue weighted by molar-refractivity contribution is -0.689. The van der Waals surface area contributed by atoms with Crippen molar-refractivity contribution in [1.29, 1.82) is 0 Å². The highest BCUT2D eigenvalue weighted by molar-refractivity contribution is 7.20. The van der Waals surface area contributed by atoms with Crippen molar-refractivity contribution in [3.05, 3.63) is 171 Å². The Kier molecular flexibility index (Phi) is 13.2. The van der Waals surface area contributed by atoms with Crippen LogP contribution in [-0.2, 0) is 6.54 Å². The molecule has 25 heteroatoms. The molecule has 6 rings (SSSR count). The maximum absolute atomic E-state index is 15.4. The van der Waals surface area contributed by atoms with Gasteiger partial charge in [-0.2, -0.15) is 4.57 Å². The SMILES string of the molecule is ClCOc1c[n+](Cc2ccccc2)ccn1.Fc1c(F)c(F)c([B-](c2c(F)c(F)c(F)c(F)c2F)(c2c(F)c(F)c(F)c(F)c2F)c2c(F)c(F)c(F)c(F)c2F)c(F)c1F. The van der Waals surface area contributed by atoms with Gasteiger partial charge in [-0.05, 0) is 0 Å². The van der Waals surface area contributed by atoms with E-state index >= 15 is 35.1 Å². The second-order valence-corrected chi connectivity index (χ2v) is 12.3. The summed E-state index contributed by atoms with van der Waals surface area (Å²) in [5.74, 6) is -70.9. The maximum Gasteiger partial charge on any atom is 0.281 e. The number of aromatic nitrogens is 2. The minimum Gasteiger partial charge on any atom is -0.457 e. The number of hydrogen-bond donors (Lipinski definition) is 0.